The highest BCUT2D eigenvalue weighted by atomic mass is 35.5. The SMILES string of the molecule is CC(C)c1ccc(C(=O)N2CCC3(CCNCC3)CC2)cc1.Cl. The fraction of sp³-hybridized carbons (Fsp3) is 0.632. The zero-order valence-corrected chi connectivity index (χ0v) is 15.1. The van der Waals surface area contributed by atoms with E-state index in [-0.39, 0.29) is 18.3 Å². The van der Waals surface area contributed by atoms with E-state index >= 15 is 0 Å². The van der Waals surface area contributed by atoms with Gasteiger partial charge in [-0.25, -0.2) is 0 Å². The van der Waals surface area contributed by atoms with Gasteiger partial charge in [-0.05, 0) is 67.8 Å². The molecule has 2 fully saturated rings. The molecule has 2 aliphatic rings. The summed E-state index contributed by atoms with van der Waals surface area (Å²) in [4.78, 5) is 14.7. The van der Waals surface area contributed by atoms with Crippen molar-refractivity contribution >= 4 is 18.3 Å². The highest BCUT2D eigenvalue weighted by Crippen LogP contribution is 2.39. The molecule has 0 unspecified atom stereocenters. The minimum Gasteiger partial charge on any atom is -0.339 e. The Morgan fingerprint density at radius 2 is 1.61 bits per heavy atom. The van der Waals surface area contributed by atoms with Crippen molar-refractivity contribution in [1.29, 1.82) is 0 Å². The first kappa shape index (κ1) is 18.3. The van der Waals surface area contributed by atoms with Gasteiger partial charge in [-0.3, -0.25) is 4.79 Å². The van der Waals surface area contributed by atoms with E-state index in [0.29, 0.717) is 11.3 Å². The summed E-state index contributed by atoms with van der Waals surface area (Å²) in [6.07, 6.45) is 4.89. The largest absolute Gasteiger partial charge is 0.339 e. The summed E-state index contributed by atoms with van der Waals surface area (Å²) in [6, 6.07) is 8.17. The van der Waals surface area contributed by atoms with Crippen LogP contribution in [0.4, 0.5) is 0 Å². The van der Waals surface area contributed by atoms with Crippen LogP contribution in [0.1, 0.15) is 61.4 Å². The highest BCUT2D eigenvalue weighted by molar-refractivity contribution is 5.94. The summed E-state index contributed by atoms with van der Waals surface area (Å²) in [7, 11) is 0. The van der Waals surface area contributed by atoms with Crippen LogP contribution < -0.4 is 5.32 Å². The molecular formula is C19H29ClN2O. The third kappa shape index (κ3) is 4.07. The first-order valence-electron chi connectivity index (χ1n) is 8.70. The minimum absolute atomic E-state index is 0. The lowest BCUT2D eigenvalue weighted by molar-refractivity contribution is 0.0495. The summed E-state index contributed by atoms with van der Waals surface area (Å²) in [5.74, 6) is 0.720. The van der Waals surface area contributed by atoms with Crippen LogP contribution in [-0.4, -0.2) is 37.0 Å². The number of hydrogen-bond donors (Lipinski definition) is 1. The standard InChI is InChI=1S/C19H28N2O.ClH/c1-15(2)16-3-5-17(6-4-16)18(22)21-13-9-19(10-14-21)7-11-20-12-8-19;/h3-6,15,20H,7-14H2,1-2H3;1H. The molecule has 3 rings (SSSR count). The van der Waals surface area contributed by atoms with Gasteiger partial charge >= 0.3 is 0 Å². The van der Waals surface area contributed by atoms with Crippen molar-refractivity contribution in [3.05, 3.63) is 35.4 Å². The maximum Gasteiger partial charge on any atom is 0.253 e. The average molecular weight is 337 g/mol. The number of nitrogens with one attached hydrogen (secondary N) is 1. The molecule has 128 valence electrons. The number of amides is 1. The van der Waals surface area contributed by atoms with Crippen LogP contribution in [0.3, 0.4) is 0 Å². The number of carbonyl (C=O) groups is 1. The molecule has 2 heterocycles. The summed E-state index contributed by atoms with van der Waals surface area (Å²) < 4.78 is 0. The third-order valence-corrected chi connectivity index (χ3v) is 5.60. The number of hydrogen-bond acceptors (Lipinski definition) is 2. The molecule has 0 atom stereocenters. The highest BCUT2D eigenvalue weighted by Gasteiger charge is 2.36. The Balaban J connectivity index is 0.00000192. The zero-order valence-electron chi connectivity index (χ0n) is 14.3. The number of rotatable bonds is 2. The van der Waals surface area contributed by atoms with Gasteiger partial charge in [-0.2, -0.15) is 0 Å². The molecule has 1 N–H and O–H groups in total. The van der Waals surface area contributed by atoms with Crippen LogP contribution in [0.2, 0.25) is 0 Å². The maximum absolute atomic E-state index is 12.7. The lowest BCUT2D eigenvalue weighted by Crippen LogP contribution is -2.47. The molecule has 2 saturated heterocycles. The third-order valence-electron chi connectivity index (χ3n) is 5.60. The fourth-order valence-electron chi connectivity index (χ4n) is 3.83. The molecule has 0 saturated carbocycles. The second-order valence-corrected chi connectivity index (χ2v) is 7.32. The number of nitrogens with zero attached hydrogens (tertiary/aromatic N) is 1. The number of carbonyl (C=O) groups excluding carboxylic acids is 1. The number of likely N-dealkylation sites (tertiary alicyclic amines) is 1. The smallest absolute Gasteiger partial charge is 0.253 e. The summed E-state index contributed by atoms with van der Waals surface area (Å²) in [5.41, 5.74) is 2.64. The van der Waals surface area contributed by atoms with Gasteiger partial charge in [0.15, 0.2) is 0 Å². The summed E-state index contributed by atoms with van der Waals surface area (Å²) in [6.45, 7) is 8.49. The van der Waals surface area contributed by atoms with Crippen LogP contribution in [-0.2, 0) is 0 Å². The van der Waals surface area contributed by atoms with E-state index in [9.17, 15) is 4.79 Å². The molecule has 0 aliphatic carbocycles. The Bertz CT molecular complexity index is 511. The number of benzene rings is 1. The van der Waals surface area contributed by atoms with Crippen LogP contribution in [0.5, 0.6) is 0 Å². The lowest BCUT2D eigenvalue weighted by atomic mass is 9.71. The van der Waals surface area contributed by atoms with Gasteiger partial charge in [0, 0.05) is 18.7 Å². The van der Waals surface area contributed by atoms with E-state index in [0.717, 1.165) is 31.7 Å². The monoisotopic (exact) mass is 336 g/mol. The lowest BCUT2D eigenvalue weighted by Gasteiger charge is -2.44. The Hall–Kier alpha value is -1.06. The first-order chi connectivity index (χ1) is 10.6. The molecule has 1 aromatic carbocycles. The minimum atomic E-state index is 0. The molecule has 4 heteroatoms. The van der Waals surface area contributed by atoms with Crippen molar-refractivity contribution in [3.63, 3.8) is 0 Å². The average Bonchev–Trinajstić information content (AvgIpc) is 2.56. The van der Waals surface area contributed by atoms with Crippen molar-refractivity contribution in [1.82, 2.24) is 10.2 Å². The van der Waals surface area contributed by atoms with E-state index in [4.69, 9.17) is 0 Å². The van der Waals surface area contributed by atoms with Gasteiger partial charge < -0.3 is 10.2 Å². The molecule has 2 aliphatic heterocycles. The molecule has 0 bridgehead atoms. The van der Waals surface area contributed by atoms with Crippen LogP contribution in [0.15, 0.2) is 24.3 Å². The Kier molecular flexibility index (Phi) is 6.10. The topological polar surface area (TPSA) is 32.3 Å². The van der Waals surface area contributed by atoms with E-state index < -0.39 is 0 Å². The maximum atomic E-state index is 12.7. The molecule has 1 spiro atoms. The Morgan fingerprint density at radius 3 is 2.13 bits per heavy atom. The van der Waals surface area contributed by atoms with Gasteiger partial charge in [0.05, 0.1) is 0 Å². The van der Waals surface area contributed by atoms with Gasteiger partial charge in [0.25, 0.3) is 5.91 Å². The molecule has 1 aromatic rings. The van der Waals surface area contributed by atoms with E-state index in [1.807, 2.05) is 12.1 Å². The summed E-state index contributed by atoms with van der Waals surface area (Å²) in [5, 5.41) is 3.45. The second-order valence-electron chi connectivity index (χ2n) is 7.32. The fourth-order valence-corrected chi connectivity index (χ4v) is 3.83. The number of piperidine rings is 2. The van der Waals surface area contributed by atoms with Crippen molar-refractivity contribution in [2.45, 2.75) is 45.4 Å². The quantitative estimate of drug-likeness (QED) is 0.890. The van der Waals surface area contributed by atoms with Gasteiger partial charge in [-0.15, -0.1) is 12.4 Å². The van der Waals surface area contributed by atoms with Gasteiger partial charge in [0.1, 0.15) is 0 Å². The van der Waals surface area contributed by atoms with Crippen molar-refractivity contribution < 1.29 is 4.79 Å². The van der Waals surface area contributed by atoms with Gasteiger partial charge in [0.2, 0.25) is 0 Å². The molecule has 0 aromatic heterocycles. The van der Waals surface area contributed by atoms with Crippen LogP contribution >= 0.6 is 12.4 Å². The van der Waals surface area contributed by atoms with E-state index in [1.165, 1.54) is 31.2 Å². The van der Waals surface area contributed by atoms with Crippen molar-refractivity contribution in [2.24, 2.45) is 5.41 Å². The van der Waals surface area contributed by atoms with Crippen LogP contribution in [0.25, 0.3) is 0 Å². The molecule has 3 nitrogen and oxygen atoms in total. The molecule has 0 radical (unpaired) electrons. The Labute approximate surface area is 146 Å². The first-order valence-corrected chi connectivity index (χ1v) is 8.70. The van der Waals surface area contributed by atoms with E-state index in [1.54, 1.807) is 0 Å². The van der Waals surface area contributed by atoms with E-state index in [2.05, 4.69) is 36.2 Å². The van der Waals surface area contributed by atoms with Crippen molar-refractivity contribution in [3.8, 4) is 0 Å². The number of halogens is 1. The normalized spacial score (nSPS) is 20.4. The molecular weight excluding hydrogens is 308 g/mol. The van der Waals surface area contributed by atoms with Crippen molar-refractivity contribution in [2.75, 3.05) is 26.2 Å². The molecule has 23 heavy (non-hydrogen) atoms. The van der Waals surface area contributed by atoms with Gasteiger partial charge in [-0.1, -0.05) is 26.0 Å². The zero-order chi connectivity index (χ0) is 15.6. The Morgan fingerprint density at radius 1 is 1.04 bits per heavy atom. The predicted molar refractivity (Wildman–Crippen MR) is 97.5 cm³/mol. The summed E-state index contributed by atoms with van der Waals surface area (Å²) >= 11 is 0. The van der Waals surface area contributed by atoms with Crippen LogP contribution in [0, 0.1) is 5.41 Å². The second kappa shape index (κ2) is 7.67. The predicted octanol–water partition coefficient (Wildman–Crippen LogP) is 3.84. The molecule has 1 amide bonds.